The summed E-state index contributed by atoms with van der Waals surface area (Å²) in [7, 11) is -0.682. The summed E-state index contributed by atoms with van der Waals surface area (Å²) in [5.41, 5.74) is 5.72. The van der Waals surface area contributed by atoms with E-state index in [0.717, 1.165) is 37.7 Å². The minimum atomic E-state index is -0.682. The summed E-state index contributed by atoms with van der Waals surface area (Å²) in [6.07, 6.45) is 1.03. The largest absolute Gasteiger partial charge is 0.370 e. The molecule has 2 heterocycles. The van der Waals surface area contributed by atoms with Gasteiger partial charge in [-0.1, -0.05) is 6.92 Å². The van der Waals surface area contributed by atoms with E-state index in [-0.39, 0.29) is 5.95 Å². The first-order valence-electron chi connectivity index (χ1n) is 6.17. The summed E-state index contributed by atoms with van der Waals surface area (Å²) < 4.78 is 11.3. The normalized spacial score (nSPS) is 16.8. The highest BCUT2D eigenvalue weighted by Gasteiger charge is 2.17. The molecule has 1 aliphatic rings. The quantitative estimate of drug-likeness (QED) is 0.825. The number of aromatic nitrogens is 2. The summed E-state index contributed by atoms with van der Waals surface area (Å²) in [6, 6.07) is 1.90. The smallest absolute Gasteiger partial charge is 0.223 e. The zero-order chi connectivity index (χ0) is 13.0. The Morgan fingerprint density at radius 1 is 1.44 bits per heavy atom. The van der Waals surface area contributed by atoms with Gasteiger partial charge in [-0.3, -0.25) is 4.21 Å². The molecule has 0 spiro atoms. The van der Waals surface area contributed by atoms with E-state index in [1.54, 1.807) is 0 Å². The van der Waals surface area contributed by atoms with Gasteiger partial charge in [-0.05, 0) is 6.42 Å². The van der Waals surface area contributed by atoms with Gasteiger partial charge in [-0.25, -0.2) is 0 Å². The van der Waals surface area contributed by atoms with Crippen LogP contribution in [0, 0.1) is 0 Å². The van der Waals surface area contributed by atoms with Crippen LogP contribution in [0.5, 0.6) is 0 Å². The molecule has 0 aliphatic carbocycles. The number of nitrogens with two attached hydrogens (primary N) is 1. The van der Waals surface area contributed by atoms with Gasteiger partial charge in [0.1, 0.15) is 11.6 Å². The van der Waals surface area contributed by atoms with Crippen LogP contribution >= 0.6 is 0 Å². The van der Waals surface area contributed by atoms with E-state index in [1.165, 1.54) is 0 Å². The minimum Gasteiger partial charge on any atom is -0.370 e. The van der Waals surface area contributed by atoms with Gasteiger partial charge in [0.25, 0.3) is 0 Å². The summed E-state index contributed by atoms with van der Waals surface area (Å²) in [6.45, 7) is 4.48. The highest BCUT2D eigenvalue weighted by molar-refractivity contribution is 7.85. The molecule has 0 aromatic carbocycles. The van der Waals surface area contributed by atoms with Gasteiger partial charge in [-0.15, -0.1) is 0 Å². The molecule has 100 valence electrons. The number of anilines is 3. The van der Waals surface area contributed by atoms with E-state index in [9.17, 15) is 4.21 Å². The molecule has 1 aromatic rings. The van der Waals surface area contributed by atoms with Crippen LogP contribution in [-0.4, -0.2) is 45.3 Å². The number of nitrogens with zero attached hydrogens (tertiary/aromatic N) is 3. The lowest BCUT2D eigenvalue weighted by Crippen LogP contribution is -2.38. The molecule has 0 bridgehead atoms. The summed E-state index contributed by atoms with van der Waals surface area (Å²) in [4.78, 5) is 10.5. The van der Waals surface area contributed by atoms with E-state index >= 15 is 0 Å². The lowest BCUT2D eigenvalue weighted by Gasteiger charge is -2.27. The molecule has 1 fully saturated rings. The third-order valence-electron chi connectivity index (χ3n) is 2.79. The van der Waals surface area contributed by atoms with Gasteiger partial charge in [0.2, 0.25) is 5.95 Å². The maximum Gasteiger partial charge on any atom is 0.223 e. The topological polar surface area (TPSA) is 84.1 Å². The maximum absolute atomic E-state index is 11.3. The van der Waals surface area contributed by atoms with Gasteiger partial charge >= 0.3 is 0 Å². The Balaban J connectivity index is 2.11. The molecular weight excluding hydrogens is 250 g/mol. The number of rotatable bonds is 4. The molecule has 1 aromatic heterocycles. The van der Waals surface area contributed by atoms with Gasteiger partial charge < -0.3 is 16.0 Å². The monoisotopic (exact) mass is 269 g/mol. The maximum atomic E-state index is 11.3. The molecule has 1 saturated heterocycles. The van der Waals surface area contributed by atoms with Gasteiger partial charge in [0.15, 0.2) is 0 Å². The molecule has 0 atom stereocenters. The predicted molar refractivity (Wildman–Crippen MR) is 75.3 cm³/mol. The fraction of sp³-hybridized carbons (Fsp3) is 0.636. The molecule has 2 rings (SSSR count). The highest BCUT2D eigenvalue weighted by Crippen LogP contribution is 2.18. The second-order valence-electron chi connectivity index (χ2n) is 4.23. The molecule has 18 heavy (non-hydrogen) atoms. The first-order chi connectivity index (χ1) is 8.69. The van der Waals surface area contributed by atoms with Gasteiger partial charge in [-0.2, -0.15) is 9.97 Å². The fourth-order valence-electron chi connectivity index (χ4n) is 1.83. The van der Waals surface area contributed by atoms with E-state index in [1.807, 2.05) is 6.07 Å². The zero-order valence-electron chi connectivity index (χ0n) is 10.6. The van der Waals surface area contributed by atoms with Crippen molar-refractivity contribution in [2.24, 2.45) is 0 Å². The Hall–Kier alpha value is -1.37. The van der Waals surface area contributed by atoms with Crippen LogP contribution in [0.3, 0.4) is 0 Å². The molecule has 1 aliphatic heterocycles. The Labute approximate surface area is 109 Å². The van der Waals surface area contributed by atoms with Crippen molar-refractivity contribution in [3.63, 3.8) is 0 Å². The van der Waals surface area contributed by atoms with Gasteiger partial charge in [0.05, 0.1) is 0 Å². The zero-order valence-corrected chi connectivity index (χ0v) is 11.4. The standard InChI is InChI=1S/C11H19N5OS/c1-2-3-13-9-8-10(15-11(12)14-9)16-4-6-18(17)7-5-16/h8H,2-7H2,1H3,(H3,12,13,14,15). The Morgan fingerprint density at radius 2 is 2.17 bits per heavy atom. The molecule has 0 unspecified atom stereocenters. The van der Waals surface area contributed by atoms with Gasteiger partial charge in [0, 0.05) is 48.0 Å². The lowest BCUT2D eigenvalue weighted by atomic mass is 10.4. The van der Waals surface area contributed by atoms with Crippen LogP contribution in [0.15, 0.2) is 6.07 Å². The molecule has 3 N–H and O–H groups in total. The second kappa shape index (κ2) is 5.99. The molecular formula is C11H19N5OS. The van der Waals surface area contributed by atoms with Crippen molar-refractivity contribution in [2.75, 3.05) is 47.1 Å². The van der Waals surface area contributed by atoms with Crippen molar-refractivity contribution in [3.8, 4) is 0 Å². The van der Waals surface area contributed by atoms with Crippen LogP contribution in [0.4, 0.5) is 17.6 Å². The summed E-state index contributed by atoms with van der Waals surface area (Å²) in [5.74, 6) is 3.24. The van der Waals surface area contributed by atoms with E-state index in [4.69, 9.17) is 5.73 Å². The molecule has 0 radical (unpaired) electrons. The Bertz CT molecular complexity index is 429. The molecule has 0 amide bonds. The minimum absolute atomic E-state index is 0.276. The average Bonchev–Trinajstić information content (AvgIpc) is 2.36. The van der Waals surface area contributed by atoms with Crippen molar-refractivity contribution in [1.29, 1.82) is 0 Å². The third kappa shape index (κ3) is 3.32. The Morgan fingerprint density at radius 3 is 2.83 bits per heavy atom. The number of nitrogen functional groups attached to an aromatic ring is 1. The van der Waals surface area contributed by atoms with Crippen LogP contribution in [0.1, 0.15) is 13.3 Å². The van der Waals surface area contributed by atoms with Crippen LogP contribution in [0.25, 0.3) is 0 Å². The van der Waals surface area contributed by atoms with Crippen LogP contribution in [0.2, 0.25) is 0 Å². The van der Waals surface area contributed by atoms with Crippen molar-refractivity contribution in [2.45, 2.75) is 13.3 Å². The highest BCUT2D eigenvalue weighted by atomic mass is 32.2. The van der Waals surface area contributed by atoms with Crippen LogP contribution < -0.4 is 16.0 Å². The summed E-state index contributed by atoms with van der Waals surface area (Å²) >= 11 is 0. The number of nitrogens with one attached hydrogen (secondary N) is 1. The van der Waals surface area contributed by atoms with E-state index in [0.29, 0.717) is 11.5 Å². The summed E-state index contributed by atoms with van der Waals surface area (Å²) in [5, 5.41) is 3.21. The van der Waals surface area contributed by atoms with Crippen molar-refractivity contribution < 1.29 is 4.21 Å². The van der Waals surface area contributed by atoms with E-state index in [2.05, 4.69) is 27.1 Å². The second-order valence-corrected chi connectivity index (χ2v) is 5.93. The van der Waals surface area contributed by atoms with Crippen molar-refractivity contribution in [3.05, 3.63) is 6.07 Å². The third-order valence-corrected chi connectivity index (χ3v) is 4.06. The molecule has 7 heteroatoms. The number of hydrogen-bond acceptors (Lipinski definition) is 6. The van der Waals surface area contributed by atoms with Crippen LogP contribution in [-0.2, 0) is 10.8 Å². The molecule has 0 saturated carbocycles. The Kier molecular flexibility index (Phi) is 4.35. The average molecular weight is 269 g/mol. The fourth-order valence-corrected chi connectivity index (χ4v) is 2.88. The van der Waals surface area contributed by atoms with Crippen molar-refractivity contribution >= 4 is 28.4 Å². The first kappa shape index (κ1) is 13.1. The molecule has 6 nitrogen and oxygen atoms in total. The SMILES string of the molecule is CCCNc1cc(N2CCS(=O)CC2)nc(N)n1. The predicted octanol–water partition coefficient (Wildman–Crippen LogP) is 0.449. The first-order valence-corrected chi connectivity index (χ1v) is 7.66. The van der Waals surface area contributed by atoms with Crippen molar-refractivity contribution in [1.82, 2.24) is 9.97 Å². The van der Waals surface area contributed by atoms with E-state index < -0.39 is 10.8 Å². The number of hydrogen-bond donors (Lipinski definition) is 2. The lowest BCUT2D eigenvalue weighted by molar-refractivity contribution is 0.672.